The Morgan fingerprint density at radius 1 is 1.24 bits per heavy atom. The van der Waals surface area contributed by atoms with Gasteiger partial charge in [0.05, 0.1) is 10.2 Å². The van der Waals surface area contributed by atoms with Crippen molar-refractivity contribution in [2.24, 2.45) is 0 Å². The molecule has 2 heterocycles. The molecule has 2 aromatic heterocycles. The lowest BCUT2D eigenvalue weighted by Gasteiger charge is -2.02. The Kier molecular flexibility index (Phi) is 2.37. The van der Waals surface area contributed by atoms with Gasteiger partial charge in [0, 0.05) is 22.7 Å². The lowest BCUT2D eigenvalue weighted by molar-refractivity contribution is 0.630. The van der Waals surface area contributed by atoms with Gasteiger partial charge in [0.1, 0.15) is 12.1 Å². The van der Waals surface area contributed by atoms with Crippen LogP contribution in [0.1, 0.15) is 5.56 Å². The Morgan fingerprint density at radius 2 is 2.12 bits per heavy atom. The van der Waals surface area contributed by atoms with Crippen molar-refractivity contribution >= 4 is 21.6 Å². The summed E-state index contributed by atoms with van der Waals surface area (Å²) in [6, 6.07) is 5.25. The van der Waals surface area contributed by atoms with E-state index >= 15 is 0 Å². The summed E-state index contributed by atoms with van der Waals surface area (Å²) in [5, 5.41) is 1.92. The molecule has 0 aliphatic carbocycles. The van der Waals surface area contributed by atoms with Crippen LogP contribution < -0.4 is 0 Å². The second kappa shape index (κ2) is 3.89. The lowest BCUT2D eigenvalue weighted by Crippen LogP contribution is -1.86. The Morgan fingerprint density at radius 3 is 2.94 bits per heavy atom. The molecule has 0 fully saturated rings. The summed E-state index contributed by atoms with van der Waals surface area (Å²) in [5.41, 5.74) is 3.17. The topological polar surface area (TPSA) is 25.8 Å². The predicted molar refractivity (Wildman–Crippen MR) is 67.5 cm³/mol. The van der Waals surface area contributed by atoms with Crippen LogP contribution in [0.25, 0.3) is 21.3 Å². The van der Waals surface area contributed by atoms with Gasteiger partial charge in [-0.15, -0.1) is 11.3 Å². The van der Waals surface area contributed by atoms with Crippen LogP contribution in [-0.4, -0.2) is 9.97 Å². The first-order valence-corrected chi connectivity index (χ1v) is 6.07. The molecular weight excluding hydrogens is 235 g/mol. The summed E-state index contributed by atoms with van der Waals surface area (Å²) in [4.78, 5) is 8.18. The molecule has 0 bridgehead atoms. The van der Waals surface area contributed by atoms with E-state index in [0.717, 1.165) is 21.3 Å². The summed E-state index contributed by atoms with van der Waals surface area (Å²) in [7, 11) is 0. The molecular formula is C13H9FN2S. The van der Waals surface area contributed by atoms with E-state index in [1.807, 2.05) is 18.4 Å². The van der Waals surface area contributed by atoms with E-state index in [-0.39, 0.29) is 5.82 Å². The summed E-state index contributed by atoms with van der Waals surface area (Å²) < 4.78 is 14.9. The molecule has 0 unspecified atom stereocenters. The quantitative estimate of drug-likeness (QED) is 0.650. The summed E-state index contributed by atoms with van der Waals surface area (Å²) in [5.74, 6) is -0.205. The first kappa shape index (κ1) is 10.4. The fourth-order valence-corrected chi connectivity index (χ4v) is 2.69. The van der Waals surface area contributed by atoms with E-state index in [1.54, 1.807) is 18.3 Å². The van der Waals surface area contributed by atoms with Gasteiger partial charge in [-0.1, -0.05) is 12.1 Å². The number of thiophene rings is 1. The number of halogens is 1. The first-order valence-electron chi connectivity index (χ1n) is 5.19. The number of aryl methyl sites for hydroxylation is 1. The van der Waals surface area contributed by atoms with Gasteiger partial charge in [-0.05, 0) is 18.6 Å². The van der Waals surface area contributed by atoms with E-state index in [4.69, 9.17) is 0 Å². The molecule has 3 rings (SSSR count). The Bertz CT molecular complexity index is 691. The molecule has 3 aromatic rings. The van der Waals surface area contributed by atoms with Crippen molar-refractivity contribution in [3.05, 3.63) is 47.5 Å². The molecule has 0 saturated heterocycles. The van der Waals surface area contributed by atoms with E-state index in [9.17, 15) is 4.39 Å². The zero-order valence-corrected chi connectivity index (χ0v) is 9.96. The maximum absolute atomic E-state index is 13.9. The second-order valence-corrected chi connectivity index (χ2v) is 4.78. The van der Waals surface area contributed by atoms with Crippen molar-refractivity contribution in [3.8, 4) is 11.1 Å². The zero-order chi connectivity index (χ0) is 11.8. The number of aromatic nitrogens is 2. The molecule has 0 aliphatic rings. The zero-order valence-electron chi connectivity index (χ0n) is 9.14. The van der Waals surface area contributed by atoms with Crippen LogP contribution in [0.4, 0.5) is 4.39 Å². The third-order valence-electron chi connectivity index (χ3n) is 2.65. The summed E-state index contributed by atoms with van der Waals surface area (Å²) in [6.07, 6.45) is 3.24. The maximum Gasteiger partial charge on any atom is 0.131 e. The van der Waals surface area contributed by atoms with Crippen LogP contribution in [0.2, 0.25) is 0 Å². The van der Waals surface area contributed by atoms with E-state index in [2.05, 4.69) is 9.97 Å². The average molecular weight is 244 g/mol. The van der Waals surface area contributed by atoms with E-state index in [0.29, 0.717) is 5.56 Å². The molecule has 0 saturated carbocycles. The van der Waals surface area contributed by atoms with Gasteiger partial charge in [0.25, 0.3) is 0 Å². The van der Waals surface area contributed by atoms with Crippen LogP contribution >= 0.6 is 11.3 Å². The fraction of sp³-hybridized carbons (Fsp3) is 0.0769. The average Bonchev–Trinajstić information content (AvgIpc) is 2.73. The van der Waals surface area contributed by atoms with Gasteiger partial charge in [0.2, 0.25) is 0 Å². The van der Waals surface area contributed by atoms with Crippen molar-refractivity contribution in [1.29, 1.82) is 0 Å². The minimum atomic E-state index is -0.205. The second-order valence-electron chi connectivity index (χ2n) is 3.87. The predicted octanol–water partition coefficient (Wildman–Crippen LogP) is 3.81. The minimum absolute atomic E-state index is 0.205. The molecule has 17 heavy (non-hydrogen) atoms. The van der Waals surface area contributed by atoms with Crippen LogP contribution in [0.5, 0.6) is 0 Å². The van der Waals surface area contributed by atoms with E-state index in [1.165, 1.54) is 17.7 Å². The molecule has 2 nitrogen and oxygen atoms in total. The van der Waals surface area contributed by atoms with Crippen LogP contribution in [-0.2, 0) is 0 Å². The van der Waals surface area contributed by atoms with Crippen molar-refractivity contribution in [2.45, 2.75) is 6.92 Å². The van der Waals surface area contributed by atoms with E-state index < -0.39 is 0 Å². The SMILES string of the molecule is Cc1ccc(-c2csc3cncnc23)c(F)c1. The number of benzene rings is 1. The molecule has 1 aromatic carbocycles. The highest BCUT2D eigenvalue weighted by Gasteiger charge is 2.11. The van der Waals surface area contributed by atoms with Crippen LogP contribution in [0.3, 0.4) is 0 Å². The highest BCUT2D eigenvalue weighted by Crippen LogP contribution is 2.33. The van der Waals surface area contributed by atoms with Crippen molar-refractivity contribution < 1.29 is 4.39 Å². The Hall–Kier alpha value is -1.81. The first-order chi connectivity index (χ1) is 8.25. The molecule has 0 amide bonds. The lowest BCUT2D eigenvalue weighted by atomic mass is 10.1. The van der Waals surface area contributed by atoms with Crippen LogP contribution in [0, 0.1) is 12.7 Å². The monoisotopic (exact) mass is 244 g/mol. The number of rotatable bonds is 1. The molecule has 0 spiro atoms. The van der Waals surface area contributed by atoms with Gasteiger partial charge in [-0.25, -0.2) is 14.4 Å². The smallest absolute Gasteiger partial charge is 0.131 e. The van der Waals surface area contributed by atoms with Gasteiger partial charge in [-0.2, -0.15) is 0 Å². The third kappa shape index (κ3) is 1.70. The largest absolute Gasteiger partial charge is 0.243 e. The van der Waals surface area contributed by atoms with Gasteiger partial charge in [-0.3, -0.25) is 0 Å². The molecule has 0 aliphatic heterocycles. The molecule has 4 heteroatoms. The van der Waals surface area contributed by atoms with Gasteiger partial charge < -0.3 is 0 Å². The number of nitrogens with zero attached hydrogens (tertiary/aromatic N) is 2. The number of fused-ring (bicyclic) bond motifs is 1. The Labute approximate surface area is 102 Å². The Balaban J connectivity index is 2.27. The molecule has 84 valence electrons. The minimum Gasteiger partial charge on any atom is -0.243 e. The molecule has 0 N–H and O–H groups in total. The number of hydrogen-bond donors (Lipinski definition) is 0. The van der Waals surface area contributed by atoms with Crippen molar-refractivity contribution in [2.75, 3.05) is 0 Å². The normalized spacial score (nSPS) is 10.9. The highest BCUT2D eigenvalue weighted by atomic mass is 32.1. The van der Waals surface area contributed by atoms with Gasteiger partial charge >= 0.3 is 0 Å². The summed E-state index contributed by atoms with van der Waals surface area (Å²) >= 11 is 1.53. The van der Waals surface area contributed by atoms with Crippen molar-refractivity contribution in [3.63, 3.8) is 0 Å². The van der Waals surface area contributed by atoms with Gasteiger partial charge in [0.15, 0.2) is 0 Å². The standard InChI is InChI=1S/C13H9FN2S/c1-8-2-3-9(11(14)4-8)10-6-17-12-5-15-7-16-13(10)12/h2-7H,1H3. The highest BCUT2D eigenvalue weighted by molar-refractivity contribution is 7.17. The van der Waals surface area contributed by atoms with Crippen LogP contribution in [0.15, 0.2) is 36.1 Å². The molecule has 0 radical (unpaired) electrons. The summed E-state index contributed by atoms with van der Waals surface area (Å²) in [6.45, 7) is 1.88. The maximum atomic E-state index is 13.9. The number of hydrogen-bond acceptors (Lipinski definition) is 3. The fourth-order valence-electron chi connectivity index (χ4n) is 1.81. The molecule has 0 atom stereocenters. The van der Waals surface area contributed by atoms with Crippen molar-refractivity contribution in [1.82, 2.24) is 9.97 Å². The third-order valence-corrected chi connectivity index (χ3v) is 3.56.